The molecule has 21 heavy (non-hydrogen) atoms. The van der Waals surface area contributed by atoms with Gasteiger partial charge in [0.1, 0.15) is 0 Å². The Morgan fingerprint density at radius 3 is 0.762 bits per heavy atom. The molecule has 0 atom stereocenters. The van der Waals surface area contributed by atoms with E-state index in [-0.39, 0.29) is 69.8 Å². The number of nitrogens with zero attached hydrogens (tertiary/aromatic N) is 2. The van der Waals surface area contributed by atoms with E-state index < -0.39 is 0 Å². The van der Waals surface area contributed by atoms with Gasteiger partial charge in [0.15, 0.2) is 0 Å². The Morgan fingerprint density at radius 1 is 0.762 bits per heavy atom. The average molecular weight is 613 g/mol. The minimum atomic E-state index is 0. The van der Waals surface area contributed by atoms with Gasteiger partial charge in [0.25, 0.3) is 0 Å². The summed E-state index contributed by atoms with van der Waals surface area (Å²) in [5.74, 6) is 0. The summed E-state index contributed by atoms with van der Waals surface area (Å²) in [5.41, 5.74) is 0. The average Bonchev–Trinajstić information content (AvgIpc) is 1.84. The fraction of sp³-hybridized carbons (Fsp3) is 0.867. The van der Waals surface area contributed by atoms with Crippen LogP contribution in [0.3, 0.4) is 0 Å². The predicted octanol–water partition coefficient (Wildman–Crippen LogP) is 5.87. The molecule has 0 aromatic carbocycles. The molecule has 0 saturated carbocycles. The van der Waals surface area contributed by atoms with Gasteiger partial charge in [-0.3, -0.25) is 6.29 Å². The number of carbonyl (C=O) groups excluding carboxylic acids is 1. The molecule has 0 unspecified atom stereocenters. The van der Waals surface area contributed by atoms with Crippen LogP contribution in [0, 0.1) is 7.05 Å². The molecule has 139 valence electrons. The molecular formula is C15H46I2N2OY. The summed E-state index contributed by atoms with van der Waals surface area (Å²) in [6.07, 6.45) is 1.50. The number of rotatable bonds is 0. The molecule has 1 radical (unpaired) electrons. The van der Waals surface area contributed by atoms with Crippen molar-refractivity contribution in [2.75, 3.05) is 49.3 Å². The first-order valence-corrected chi connectivity index (χ1v) is 10.6. The topological polar surface area (TPSA) is 17.1 Å². The van der Waals surface area contributed by atoms with Crippen LogP contribution in [0.1, 0.15) is 44.1 Å². The minimum Gasteiger partial charge on any atom is -0.542 e. The minimum absolute atomic E-state index is 0. The van der Waals surface area contributed by atoms with Gasteiger partial charge in [-0.1, -0.05) is 37.1 Å². The summed E-state index contributed by atoms with van der Waals surface area (Å²) < 4.78 is 1.75. The summed E-state index contributed by atoms with van der Waals surface area (Å²) >= 11 is 4.24. The quantitative estimate of drug-likeness (QED) is 0.190. The van der Waals surface area contributed by atoms with Gasteiger partial charge in [-0.05, 0) is 0 Å². The van der Waals surface area contributed by atoms with E-state index in [0.717, 1.165) is 8.97 Å². The molecule has 6 heteroatoms. The van der Waals surface area contributed by atoms with Gasteiger partial charge in [-0.2, -0.15) is 6.92 Å². The molecule has 0 saturated heterocycles. The van der Waals surface area contributed by atoms with Crippen molar-refractivity contribution in [3.05, 3.63) is 7.05 Å². The normalized spacial score (nSPS) is 6.62. The van der Waals surface area contributed by atoms with Crippen LogP contribution in [-0.2, 0) is 37.5 Å². The molecular weight excluding hydrogens is 567 g/mol. The third-order valence-electron chi connectivity index (χ3n) is 0. The standard InChI is InChI=1S/C4H12N.C4H11N.C2H3O.5CH4.I2.Y/c2*1-5(2,3)4;1-2-3;;;;;;1-2;/h1-4H3;1H2,2-4H3;1H3;5*1H4;;/q+1;;-1;;;;;;;. The molecule has 0 bridgehead atoms. The van der Waals surface area contributed by atoms with Crippen LogP contribution >= 0.6 is 37.2 Å². The monoisotopic (exact) mass is 613 g/mol. The van der Waals surface area contributed by atoms with Crippen molar-refractivity contribution in [3.8, 4) is 0 Å². The molecule has 0 aromatic rings. The molecule has 0 spiro atoms. The smallest absolute Gasteiger partial charge is 0.0675 e. The summed E-state index contributed by atoms with van der Waals surface area (Å²) in [7, 11) is 18.2. The molecule has 0 heterocycles. The van der Waals surface area contributed by atoms with E-state index in [9.17, 15) is 0 Å². The molecule has 3 nitrogen and oxygen atoms in total. The van der Waals surface area contributed by atoms with Gasteiger partial charge in [0, 0.05) is 91.1 Å². The first-order chi connectivity index (χ1) is 6.41. The molecule has 0 amide bonds. The van der Waals surface area contributed by atoms with Gasteiger partial charge >= 0.3 is 0 Å². The van der Waals surface area contributed by atoms with E-state index in [2.05, 4.69) is 72.5 Å². The first kappa shape index (κ1) is 65.7. The van der Waals surface area contributed by atoms with E-state index in [1.165, 1.54) is 13.2 Å². The fourth-order valence-electron chi connectivity index (χ4n) is 0. The van der Waals surface area contributed by atoms with E-state index in [1.807, 2.05) is 21.1 Å². The van der Waals surface area contributed by atoms with Crippen molar-refractivity contribution < 1.29 is 46.5 Å². The second-order valence-electron chi connectivity index (χ2n) is 5.18. The zero-order valence-corrected chi connectivity index (χ0v) is 19.0. The van der Waals surface area contributed by atoms with Crippen molar-refractivity contribution in [1.82, 2.24) is 0 Å². The maximum Gasteiger partial charge on any atom is 0.0675 e. The molecule has 0 aliphatic rings. The van der Waals surface area contributed by atoms with Gasteiger partial charge < -0.3 is 13.8 Å². The Morgan fingerprint density at radius 2 is 0.762 bits per heavy atom. The van der Waals surface area contributed by atoms with Gasteiger partial charge in [0.05, 0.1) is 28.2 Å². The zero-order chi connectivity index (χ0) is 13.7. The second kappa shape index (κ2) is 43.2. The van der Waals surface area contributed by atoms with Crippen molar-refractivity contribution >= 4 is 43.5 Å². The van der Waals surface area contributed by atoms with Gasteiger partial charge in [-0.15, -0.1) is 7.05 Å². The number of halogens is 2. The third-order valence-corrected chi connectivity index (χ3v) is 0. The Bertz CT molecular complexity index is 102. The summed E-state index contributed by atoms with van der Waals surface area (Å²) in [6, 6.07) is 0. The Labute approximate surface area is 188 Å². The van der Waals surface area contributed by atoms with Crippen molar-refractivity contribution in [2.45, 2.75) is 44.1 Å². The first-order valence-electron chi connectivity index (χ1n) is 4.29. The van der Waals surface area contributed by atoms with Crippen LogP contribution in [0.15, 0.2) is 0 Å². The van der Waals surface area contributed by atoms with Crippen LogP contribution in [0.5, 0.6) is 0 Å². The Hall–Kier alpha value is 2.15. The summed E-state index contributed by atoms with van der Waals surface area (Å²) in [6.45, 7) is 1.32. The zero-order valence-electron chi connectivity index (χ0n) is 11.8. The van der Waals surface area contributed by atoms with E-state index in [1.54, 1.807) is 0 Å². The Balaban J connectivity index is -0.00000000913. The molecule has 0 fully saturated rings. The second-order valence-corrected chi connectivity index (χ2v) is 5.18. The van der Waals surface area contributed by atoms with Crippen molar-refractivity contribution in [3.63, 3.8) is 0 Å². The van der Waals surface area contributed by atoms with Crippen LogP contribution in [-0.4, -0.2) is 64.6 Å². The number of hydrogen-bond acceptors (Lipinski definition) is 1. The van der Waals surface area contributed by atoms with E-state index >= 15 is 0 Å². The molecule has 0 aliphatic heterocycles. The van der Waals surface area contributed by atoms with Crippen LogP contribution in [0.2, 0.25) is 0 Å². The summed E-state index contributed by atoms with van der Waals surface area (Å²) in [5, 5.41) is 0. The number of hydrogen-bond donors (Lipinski definition) is 0. The maximum atomic E-state index is 8.68. The maximum absolute atomic E-state index is 8.68. The molecule has 0 aliphatic carbocycles. The molecule has 0 N–H and O–H groups in total. The Kier molecular flexibility index (Phi) is 135. The van der Waals surface area contributed by atoms with Crippen molar-refractivity contribution in [2.24, 2.45) is 0 Å². The van der Waals surface area contributed by atoms with Gasteiger partial charge in [0.2, 0.25) is 0 Å². The third kappa shape index (κ3) is 1940. The largest absolute Gasteiger partial charge is 0.542 e. The SMILES string of the molecule is C.C.C.C.C.C[C-]=O.C[N+](C)(C)C.II.[CH2-][N+](C)(C)C.[Y]. The summed E-state index contributed by atoms with van der Waals surface area (Å²) in [4.78, 5) is 8.68. The molecule has 0 rings (SSSR count). The predicted molar refractivity (Wildman–Crippen MR) is 120 cm³/mol. The fourth-order valence-corrected chi connectivity index (χ4v) is 0. The van der Waals surface area contributed by atoms with Crippen molar-refractivity contribution in [1.29, 1.82) is 0 Å². The van der Waals surface area contributed by atoms with Crippen LogP contribution in [0.25, 0.3) is 0 Å². The van der Waals surface area contributed by atoms with Crippen LogP contribution in [0.4, 0.5) is 0 Å². The van der Waals surface area contributed by atoms with Crippen LogP contribution < -0.4 is 0 Å². The molecule has 0 aromatic heterocycles. The van der Waals surface area contributed by atoms with E-state index in [0.29, 0.717) is 0 Å². The number of quaternary nitrogens is 2. The van der Waals surface area contributed by atoms with Gasteiger partial charge in [-0.25, -0.2) is 0 Å². The van der Waals surface area contributed by atoms with E-state index in [4.69, 9.17) is 4.79 Å².